The number of nitrogens with zero attached hydrogens (tertiary/aromatic N) is 1. The first-order chi connectivity index (χ1) is 14.2. The minimum atomic E-state index is -0.964. The Morgan fingerprint density at radius 1 is 1.17 bits per heavy atom. The molecule has 0 aliphatic carbocycles. The molecule has 0 aromatic heterocycles. The highest BCUT2D eigenvalue weighted by molar-refractivity contribution is 6.31. The Balaban J connectivity index is 2.25. The molecule has 0 fully saturated rings. The van der Waals surface area contributed by atoms with Crippen molar-refractivity contribution in [2.24, 2.45) is 5.92 Å². The molecule has 4 nitrogen and oxygen atoms in total. The molecule has 0 bridgehead atoms. The zero-order chi connectivity index (χ0) is 22.0. The fourth-order valence-corrected chi connectivity index (χ4v) is 4.83. The van der Waals surface area contributed by atoms with Crippen LogP contribution in [0, 0.1) is 12.8 Å². The molecule has 3 unspecified atom stereocenters. The van der Waals surface area contributed by atoms with Crippen LogP contribution in [0.3, 0.4) is 0 Å². The van der Waals surface area contributed by atoms with Crippen molar-refractivity contribution in [1.29, 1.82) is 0 Å². The summed E-state index contributed by atoms with van der Waals surface area (Å²) in [5, 5.41) is 10.5. The number of aryl methyl sites for hydroxylation is 1. The highest BCUT2D eigenvalue weighted by Crippen LogP contribution is 2.42. The summed E-state index contributed by atoms with van der Waals surface area (Å²) >= 11 is 6.58. The number of carbonyl (C=O) groups excluding carboxylic acids is 1. The largest absolute Gasteiger partial charge is 0.480 e. The Kier molecular flexibility index (Phi) is 6.87. The van der Waals surface area contributed by atoms with Gasteiger partial charge in [0.2, 0.25) is 5.91 Å². The maximum absolute atomic E-state index is 13.7. The summed E-state index contributed by atoms with van der Waals surface area (Å²) in [6, 6.07) is 13.0. The van der Waals surface area contributed by atoms with Crippen LogP contribution in [0.5, 0.6) is 0 Å². The average Bonchev–Trinajstić information content (AvgIpc) is 2.79. The van der Waals surface area contributed by atoms with Crippen molar-refractivity contribution in [3.05, 3.63) is 69.7 Å². The van der Waals surface area contributed by atoms with E-state index in [1.54, 1.807) is 4.90 Å². The quantitative estimate of drug-likeness (QED) is 0.651. The van der Waals surface area contributed by atoms with Crippen LogP contribution in [-0.4, -0.2) is 34.5 Å². The van der Waals surface area contributed by atoms with Crippen molar-refractivity contribution in [3.63, 3.8) is 0 Å². The second-order valence-electron chi connectivity index (χ2n) is 8.64. The third-order valence-electron chi connectivity index (χ3n) is 5.99. The van der Waals surface area contributed by atoms with Crippen molar-refractivity contribution in [2.45, 2.75) is 58.4 Å². The Morgan fingerprint density at radius 3 is 2.47 bits per heavy atom. The van der Waals surface area contributed by atoms with E-state index < -0.39 is 12.0 Å². The topological polar surface area (TPSA) is 57.6 Å². The van der Waals surface area contributed by atoms with Crippen LogP contribution in [0.1, 0.15) is 67.7 Å². The van der Waals surface area contributed by atoms with Crippen LogP contribution in [0.15, 0.2) is 42.5 Å². The van der Waals surface area contributed by atoms with E-state index in [1.807, 2.05) is 50.2 Å². The molecule has 160 valence electrons. The van der Waals surface area contributed by atoms with Crippen LogP contribution < -0.4 is 0 Å². The van der Waals surface area contributed by atoms with Crippen molar-refractivity contribution in [1.82, 2.24) is 4.90 Å². The van der Waals surface area contributed by atoms with Crippen LogP contribution in [0.4, 0.5) is 0 Å². The number of amides is 1. The van der Waals surface area contributed by atoms with E-state index in [0.29, 0.717) is 30.3 Å². The van der Waals surface area contributed by atoms with E-state index in [0.717, 1.165) is 22.3 Å². The van der Waals surface area contributed by atoms with Crippen molar-refractivity contribution >= 4 is 23.5 Å². The monoisotopic (exact) mass is 427 g/mol. The predicted octanol–water partition coefficient (Wildman–Crippen LogP) is 5.62. The Labute approximate surface area is 183 Å². The number of fused-ring (bicyclic) bond motifs is 1. The zero-order valence-electron chi connectivity index (χ0n) is 18.1. The first kappa shape index (κ1) is 22.4. The fourth-order valence-electron chi connectivity index (χ4n) is 4.56. The van der Waals surface area contributed by atoms with E-state index in [9.17, 15) is 14.7 Å². The predicted molar refractivity (Wildman–Crippen MR) is 120 cm³/mol. The van der Waals surface area contributed by atoms with Crippen molar-refractivity contribution in [3.8, 4) is 0 Å². The molecule has 30 heavy (non-hydrogen) atoms. The van der Waals surface area contributed by atoms with Gasteiger partial charge in [-0.1, -0.05) is 74.3 Å². The SMILES string of the molecule is CCC(C(=O)O)N1CC(c2ccccc2Cl)c2cc(C)ccc2C(CC(C)C)C1=O. The Hall–Kier alpha value is -2.33. The van der Waals surface area contributed by atoms with E-state index in [2.05, 4.69) is 19.9 Å². The van der Waals surface area contributed by atoms with Gasteiger partial charge in [0, 0.05) is 17.5 Å². The summed E-state index contributed by atoms with van der Waals surface area (Å²) in [5.41, 5.74) is 4.10. The summed E-state index contributed by atoms with van der Waals surface area (Å²) < 4.78 is 0. The summed E-state index contributed by atoms with van der Waals surface area (Å²) in [6.07, 6.45) is 1.04. The summed E-state index contributed by atoms with van der Waals surface area (Å²) in [4.78, 5) is 27.3. The summed E-state index contributed by atoms with van der Waals surface area (Å²) in [7, 11) is 0. The number of hydrogen-bond donors (Lipinski definition) is 1. The van der Waals surface area contributed by atoms with E-state index >= 15 is 0 Å². The standard InChI is InChI=1S/C25H30ClNO3/c1-5-23(25(29)30)27-14-21(18-8-6-7-9-22(18)26)19-13-16(4)10-11-17(19)20(24(27)28)12-15(2)3/h6-11,13,15,20-21,23H,5,12,14H2,1-4H3,(H,29,30). The van der Waals surface area contributed by atoms with Gasteiger partial charge in [0.25, 0.3) is 0 Å². The summed E-state index contributed by atoms with van der Waals surface area (Å²) in [5.74, 6) is -1.30. The third kappa shape index (κ3) is 4.39. The second kappa shape index (κ2) is 9.22. The Bertz CT molecular complexity index is 940. The second-order valence-corrected chi connectivity index (χ2v) is 9.05. The highest BCUT2D eigenvalue weighted by Gasteiger charge is 2.40. The molecular weight excluding hydrogens is 398 g/mol. The molecule has 1 N–H and O–H groups in total. The van der Waals surface area contributed by atoms with Crippen molar-refractivity contribution < 1.29 is 14.7 Å². The lowest BCUT2D eigenvalue weighted by atomic mass is 9.81. The molecule has 1 heterocycles. The maximum Gasteiger partial charge on any atom is 0.326 e. The molecule has 3 atom stereocenters. The van der Waals surface area contributed by atoms with Gasteiger partial charge in [-0.3, -0.25) is 4.79 Å². The van der Waals surface area contributed by atoms with Crippen LogP contribution in [0.25, 0.3) is 0 Å². The number of aliphatic carboxylic acids is 1. The van der Waals surface area contributed by atoms with Gasteiger partial charge in [-0.15, -0.1) is 0 Å². The molecule has 2 aromatic carbocycles. The molecule has 1 aliphatic rings. The fraction of sp³-hybridized carbons (Fsp3) is 0.440. The van der Waals surface area contributed by atoms with Crippen LogP contribution in [0.2, 0.25) is 5.02 Å². The number of carbonyl (C=O) groups is 2. The van der Waals surface area contributed by atoms with Gasteiger partial charge in [-0.25, -0.2) is 4.79 Å². The molecule has 0 saturated heterocycles. The molecule has 3 rings (SSSR count). The van der Waals surface area contributed by atoms with Gasteiger partial charge in [-0.05, 0) is 48.4 Å². The van der Waals surface area contributed by atoms with Crippen LogP contribution >= 0.6 is 11.6 Å². The molecule has 0 saturated carbocycles. The third-order valence-corrected chi connectivity index (χ3v) is 6.33. The molecule has 1 amide bonds. The van der Waals surface area contributed by atoms with Gasteiger partial charge in [0.15, 0.2) is 0 Å². The van der Waals surface area contributed by atoms with Crippen molar-refractivity contribution in [2.75, 3.05) is 6.54 Å². The van der Waals surface area contributed by atoms with Gasteiger partial charge in [0.1, 0.15) is 6.04 Å². The number of carboxylic acids is 1. The lowest BCUT2D eigenvalue weighted by Gasteiger charge is -2.32. The van der Waals surface area contributed by atoms with Gasteiger partial charge in [0.05, 0.1) is 5.92 Å². The molecule has 1 aliphatic heterocycles. The van der Waals surface area contributed by atoms with Gasteiger partial charge < -0.3 is 10.0 Å². The first-order valence-electron chi connectivity index (χ1n) is 10.6. The number of hydrogen-bond acceptors (Lipinski definition) is 2. The summed E-state index contributed by atoms with van der Waals surface area (Å²) in [6.45, 7) is 8.35. The minimum Gasteiger partial charge on any atom is -0.480 e. The minimum absolute atomic E-state index is 0.0994. The normalized spacial score (nSPS) is 20.1. The molecular formula is C25H30ClNO3. The number of benzene rings is 2. The van der Waals surface area contributed by atoms with E-state index in [4.69, 9.17) is 11.6 Å². The maximum atomic E-state index is 13.7. The lowest BCUT2D eigenvalue weighted by molar-refractivity contribution is -0.151. The van der Waals surface area contributed by atoms with Crippen LogP contribution in [-0.2, 0) is 9.59 Å². The highest BCUT2D eigenvalue weighted by atomic mass is 35.5. The lowest BCUT2D eigenvalue weighted by Crippen LogP contribution is -2.47. The average molecular weight is 428 g/mol. The smallest absolute Gasteiger partial charge is 0.326 e. The molecule has 5 heteroatoms. The van der Waals surface area contributed by atoms with Gasteiger partial charge >= 0.3 is 5.97 Å². The van der Waals surface area contributed by atoms with Gasteiger partial charge in [-0.2, -0.15) is 0 Å². The molecule has 0 radical (unpaired) electrons. The molecule has 2 aromatic rings. The first-order valence-corrected chi connectivity index (χ1v) is 11.0. The molecule has 0 spiro atoms. The number of halogens is 1. The number of rotatable bonds is 6. The zero-order valence-corrected chi connectivity index (χ0v) is 18.8. The Morgan fingerprint density at radius 2 is 1.87 bits per heavy atom. The van der Waals surface area contributed by atoms with E-state index in [1.165, 1.54) is 0 Å². The number of carboxylic acid groups (broad SMARTS) is 1. The van der Waals surface area contributed by atoms with E-state index in [-0.39, 0.29) is 17.7 Å².